The minimum atomic E-state index is 0.508. The molecule has 3 rings (SSSR count). The normalized spacial score (nSPS) is 12.3. The van der Waals surface area contributed by atoms with Gasteiger partial charge in [0, 0.05) is 29.9 Å². The molecule has 0 aliphatic carbocycles. The maximum absolute atomic E-state index is 10.5. The van der Waals surface area contributed by atoms with E-state index in [2.05, 4.69) is 34.9 Å². The Morgan fingerprint density at radius 3 is 2.93 bits per heavy atom. The van der Waals surface area contributed by atoms with Crippen molar-refractivity contribution in [2.24, 2.45) is 0 Å². The Morgan fingerprint density at radius 1 is 1.20 bits per heavy atom. The van der Waals surface area contributed by atoms with Gasteiger partial charge < -0.3 is 9.36 Å². The second-order valence-electron chi connectivity index (χ2n) is 3.82. The third kappa shape index (κ3) is 1.14. The molecular formula is C13H11NO. The van der Waals surface area contributed by atoms with Gasteiger partial charge in [0.15, 0.2) is 0 Å². The summed E-state index contributed by atoms with van der Waals surface area (Å²) in [5, 5.41) is 0. The van der Waals surface area contributed by atoms with Gasteiger partial charge in [0.2, 0.25) is 0 Å². The first-order valence-corrected chi connectivity index (χ1v) is 5.10. The fraction of sp³-hybridized carbons (Fsp3) is 0.154. The molecule has 2 nitrogen and oxygen atoms in total. The van der Waals surface area contributed by atoms with Gasteiger partial charge in [-0.1, -0.05) is 24.3 Å². The second-order valence-corrected chi connectivity index (χ2v) is 3.82. The summed E-state index contributed by atoms with van der Waals surface area (Å²) in [6, 6.07) is 12.5. The van der Waals surface area contributed by atoms with Crippen molar-refractivity contribution in [1.29, 1.82) is 0 Å². The molecule has 0 amide bonds. The van der Waals surface area contributed by atoms with Crippen molar-refractivity contribution in [3.63, 3.8) is 0 Å². The monoisotopic (exact) mass is 197 g/mol. The van der Waals surface area contributed by atoms with Crippen LogP contribution in [0.15, 0.2) is 36.4 Å². The Hall–Kier alpha value is -1.83. The predicted octanol–water partition coefficient (Wildman–Crippen LogP) is 2.26. The van der Waals surface area contributed by atoms with E-state index in [1.165, 1.54) is 16.8 Å². The van der Waals surface area contributed by atoms with E-state index in [0.29, 0.717) is 6.42 Å². The Kier molecular flexibility index (Phi) is 1.75. The number of benzene rings is 1. The maximum Gasteiger partial charge on any atom is 0.125 e. The zero-order chi connectivity index (χ0) is 10.3. The molecule has 0 bridgehead atoms. The summed E-state index contributed by atoms with van der Waals surface area (Å²) in [5.41, 5.74) is 4.99. The minimum absolute atomic E-state index is 0.508. The average molecular weight is 197 g/mol. The van der Waals surface area contributed by atoms with Crippen LogP contribution in [0.2, 0.25) is 0 Å². The molecule has 2 heterocycles. The van der Waals surface area contributed by atoms with Crippen LogP contribution in [0.5, 0.6) is 0 Å². The summed E-state index contributed by atoms with van der Waals surface area (Å²) in [5.74, 6) is 0. The molecule has 0 saturated heterocycles. The zero-order valence-corrected chi connectivity index (χ0v) is 8.31. The molecule has 0 atom stereocenters. The minimum Gasteiger partial charge on any atom is -0.340 e. The average Bonchev–Trinajstić information content (AvgIpc) is 2.79. The van der Waals surface area contributed by atoms with Crippen LogP contribution in [0, 0.1) is 0 Å². The number of carbonyl (C=O) groups is 1. The van der Waals surface area contributed by atoms with Crippen molar-refractivity contribution < 1.29 is 4.79 Å². The van der Waals surface area contributed by atoms with Crippen molar-refractivity contribution in [2.45, 2.75) is 13.0 Å². The van der Waals surface area contributed by atoms with Crippen LogP contribution in [0.3, 0.4) is 0 Å². The largest absolute Gasteiger partial charge is 0.340 e. The molecule has 0 spiro atoms. The van der Waals surface area contributed by atoms with Gasteiger partial charge in [0.05, 0.1) is 0 Å². The molecule has 0 saturated carbocycles. The third-order valence-corrected chi connectivity index (χ3v) is 2.99. The molecule has 74 valence electrons. The van der Waals surface area contributed by atoms with Crippen LogP contribution < -0.4 is 0 Å². The molecule has 2 aromatic rings. The summed E-state index contributed by atoms with van der Waals surface area (Å²) in [7, 11) is 0. The van der Waals surface area contributed by atoms with E-state index in [9.17, 15) is 4.79 Å². The van der Waals surface area contributed by atoms with Gasteiger partial charge in [-0.25, -0.2) is 0 Å². The summed E-state index contributed by atoms with van der Waals surface area (Å²) in [6.07, 6.45) is 1.47. The van der Waals surface area contributed by atoms with Gasteiger partial charge >= 0.3 is 0 Å². The van der Waals surface area contributed by atoms with Crippen molar-refractivity contribution in [2.75, 3.05) is 0 Å². The quantitative estimate of drug-likeness (QED) is 0.577. The van der Waals surface area contributed by atoms with Crippen LogP contribution in [-0.4, -0.2) is 10.9 Å². The molecule has 1 aromatic heterocycles. The van der Waals surface area contributed by atoms with Crippen molar-refractivity contribution in [3.05, 3.63) is 47.7 Å². The third-order valence-electron chi connectivity index (χ3n) is 2.99. The highest BCUT2D eigenvalue weighted by molar-refractivity contribution is 5.70. The van der Waals surface area contributed by atoms with Crippen LogP contribution in [0.25, 0.3) is 11.3 Å². The highest BCUT2D eigenvalue weighted by Crippen LogP contribution is 2.33. The molecule has 0 fully saturated rings. The maximum atomic E-state index is 10.5. The Bertz CT molecular complexity index is 525. The summed E-state index contributed by atoms with van der Waals surface area (Å²) >= 11 is 0. The van der Waals surface area contributed by atoms with E-state index in [1.807, 2.05) is 6.07 Å². The Morgan fingerprint density at radius 2 is 2.07 bits per heavy atom. The number of aromatic nitrogens is 1. The molecule has 2 heteroatoms. The number of hydrogen-bond donors (Lipinski definition) is 0. The summed E-state index contributed by atoms with van der Waals surface area (Å²) in [6.45, 7) is 0.904. The first-order valence-electron chi connectivity index (χ1n) is 5.10. The SMILES string of the molecule is O=CCc1ccc2n1Cc1ccccc1-2. The van der Waals surface area contributed by atoms with Crippen molar-refractivity contribution >= 4 is 6.29 Å². The molecule has 1 aliphatic rings. The molecule has 15 heavy (non-hydrogen) atoms. The molecular weight excluding hydrogens is 186 g/mol. The van der Waals surface area contributed by atoms with Crippen molar-refractivity contribution in [1.82, 2.24) is 4.57 Å². The number of rotatable bonds is 2. The van der Waals surface area contributed by atoms with E-state index in [1.54, 1.807) is 0 Å². The van der Waals surface area contributed by atoms with Gasteiger partial charge in [0.1, 0.15) is 6.29 Å². The van der Waals surface area contributed by atoms with Crippen LogP contribution in [0.4, 0.5) is 0 Å². The second kappa shape index (κ2) is 3.09. The number of aldehydes is 1. The van der Waals surface area contributed by atoms with E-state index in [-0.39, 0.29) is 0 Å². The summed E-state index contributed by atoms with van der Waals surface area (Å²) in [4.78, 5) is 10.5. The lowest BCUT2D eigenvalue weighted by atomic mass is 10.1. The Balaban J connectivity index is 2.15. The standard InChI is InChI=1S/C13H11NO/c15-8-7-11-5-6-13-12-4-2-1-3-10(12)9-14(11)13/h1-6,8H,7,9H2. The van der Waals surface area contributed by atoms with Gasteiger partial charge in [-0.05, 0) is 17.7 Å². The Labute approximate surface area is 88.2 Å². The first kappa shape index (κ1) is 8.48. The zero-order valence-electron chi connectivity index (χ0n) is 8.31. The molecule has 1 aliphatic heterocycles. The number of fused-ring (bicyclic) bond motifs is 3. The van der Waals surface area contributed by atoms with E-state index in [4.69, 9.17) is 0 Å². The van der Waals surface area contributed by atoms with Crippen LogP contribution >= 0.6 is 0 Å². The lowest BCUT2D eigenvalue weighted by Gasteiger charge is -2.01. The molecule has 0 unspecified atom stereocenters. The van der Waals surface area contributed by atoms with Crippen molar-refractivity contribution in [3.8, 4) is 11.3 Å². The number of nitrogens with zero attached hydrogens (tertiary/aromatic N) is 1. The molecule has 0 N–H and O–H groups in total. The smallest absolute Gasteiger partial charge is 0.125 e. The van der Waals surface area contributed by atoms with E-state index in [0.717, 1.165) is 18.5 Å². The molecule has 1 aromatic carbocycles. The van der Waals surface area contributed by atoms with Gasteiger partial charge in [-0.15, -0.1) is 0 Å². The van der Waals surface area contributed by atoms with Gasteiger partial charge in [-0.2, -0.15) is 0 Å². The lowest BCUT2D eigenvalue weighted by Crippen LogP contribution is -2.00. The van der Waals surface area contributed by atoms with Gasteiger partial charge in [0.25, 0.3) is 0 Å². The first-order chi connectivity index (χ1) is 7.40. The molecule has 0 radical (unpaired) electrons. The fourth-order valence-corrected chi connectivity index (χ4v) is 2.27. The van der Waals surface area contributed by atoms with Gasteiger partial charge in [-0.3, -0.25) is 0 Å². The number of hydrogen-bond acceptors (Lipinski definition) is 1. The lowest BCUT2D eigenvalue weighted by molar-refractivity contribution is -0.107. The number of carbonyl (C=O) groups excluding carboxylic acids is 1. The van der Waals surface area contributed by atoms with Crippen LogP contribution in [-0.2, 0) is 17.8 Å². The van der Waals surface area contributed by atoms with Crippen LogP contribution in [0.1, 0.15) is 11.3 Å². The topological polar surface area (TPSA) is 22.0 Å². The highest BCUT2D eigenvalue weighted by Gasteiger charge is 2.19. The van der Waals surface area contributed by atoms with E-state index < -0.39 is 0 Å². The summed E-state index contributed by atoms with van der Waals surface area (Å²) < 4.78 is 2.22. The highest BCUT2D eigenvalue weighted by atomic mass is 16.1. The van der Waals surface area contributed by atoms with E-state index >= 15 is 0 Å². The fourth-order valence-electron chi connectivity index (χ4n) is 2.27. The predicted molar refractivity (Wildman–Crippen MR) is 58.7 cm³/mol.